The Kier molecular flexibility index (Phi) is 9.69. The van der Waals surface area contributed by atoms with Crippen LogP contribution >= 0.6 is 51.5 Å². The molecule has 1 N–H and O–H groups in total. The molecule has 2 aliphatic heterocycles. The molecule has 2 aromatic carbocycles. The van der Waals surface area contributed by atoms with E-state index in [-0.39, 0.29) is 16.8 Å². The van der Waals surface area contributed by atoms with Crippen LogP contribution < -0.4 is 14.9 Å². The summed E-state index contributed by atoms with van der Waals surface area (Å²) in [5.41, 5.74) is 3.49. The maximum absolute atomic E-state index is 13.0. The number of amides is 3. The zero-order valence-electron chi connectivity index (χ0n) is 20.5. The molecule has 0 atom stereocenters. The summed E-state index contributed by atoms with van der Waals surface area (Å²) >= 11 is 15.9. The second-order valence-electron chi connectivity index (χ2n) is 8.46. The van der Waals surface area contributed by atoms with Crippen molar-refractivity contribution in [3.8, 4) is 11.5 Å². The van der Waals surface area contributed by atoms with Gasteiger partial charge >= 0.3 is 0 Å². The molecule has 2 heterocycles. The number of carbonyl (C=O) groups is 3. The van der Waals surface area contributed by atoms with Crippen LogP contribution in [0.4, 0.5) is 0 Å². The van der Waals surface area contributed by atoms with Gasteiger partial charge in [0.25, 0.3) is 17.7 Å². The molecule has 0 unspecified atom stereocenters. The van der Waals surface area contributed by atoms with Gasteiger partial charge in [0.05, 0.1) is 16.0 Å². The Morgan fingerprint density at radius 1 is 1.18 bits per heavy atom. The lowest BCUT2D eigenvalue weighted by molar-refractivity contribution is -0.134. The van der Waals surface area contributed by atoms with Crippen LogP contribution in [0, 0.1) is 0 Å². The Morgan fingerprint density at radius 2 is 1.95 bits per heavy atom. The van der Waals surface area contributed by atoms with E-state index < -0.39 is 11.8 Å². The number of hydrogen-bond acceptors (Lipinski definition) is 7. The van der Waals surface area contributed by atoms with Crippen LogP contribution in [-0.4, -0.2) is 58.3 Å². The van der Waals surface area contributed by atoms with Crippen molar-refractivity contribution in [3.63, 3.8) is 0 Å². The van der Waals surface area contributed by atoms with Crippen molar-refractivity contribution < 1.29 is 23.9 Å². The summed E-state index contributed by atoms with van der Waals surface area (Å²) in [4.78, 5) is 40.4. The molecule has 38 heavy (non-hydrogen) atoms. The van der Waals surface area contributed by atoms with Gasteiger partial charge in [-0.15, -0.1) is 0 Å². The Bertz CT molecular complexity index is 1300. The Labute approximate surface area is 243 Å². The lowest BCUT2D eigenvalue weighted by Gasteiger charge is -2.26. The summed E-state index contributed by atoms with van der Waals surface area (Å²) in [5.74, 6) is -0.185. The van der Waals surface area contributed by atoms with Crippen molar-refractivity contribution in [1.29, 1.82) is 0 Å². The predicted octanol–water partition coefficient (Wildman–Crippen LogP) is 5.44. The maximum atomic E-state index is 13.0. The Hall–Kier alpha value is -2.60. The van der Waals surface area contributed by atoms with Crippen molar-refractivity contribution in [3.05, 3.63) is 61.9 Å². The fraction of sp³-hybridized carbons (Fsp3) is 0.308. The Morgan fingerprint density at radius 3 is 2.66 bits per heavy atom. The number of piperidine rings is 1. The van der Waals surface area contributed by atoms with Gasteiger partial charge in [-0.1, -0.05) is 29.4 Å². The lowest BCUT2D eigenvalue weighted by atomic mass is 10.1. The molecule has 0 saturated carbocycles. The number of nitrogens with zero attached hydrogens (tertiary/aromatic N) is 2. The molecule has 2 saturated heterocycles. The number of halogens is 2. The molecule has 2 aromatic rings. The average Bonchev–Trinajstić information content (AvgIpc) is 3.16. The van der Waals surface area contributed by atoms with Gasteiger partial charge in [-0.2, -0.15) is 5.01 Å². The zero-order valence-corrected chi connectivity index (χ0v) is 24.5. The average molecular weight is 639 g/mol. The summed E-state index contributed by atoms with van der Waals surface area (Å²) in [6, 6.07) is 9.88. The van der Waals surface area contributed by atoms with Gasteiger partial charge in [0.15, 0.2) is 22.4 Å². The minimum atomic E-state index is -0.507. The third kappa shape index (κ3) is 6.88. The molecule has 4 rings (SSSR count). The number of ether oxygens (including phenoxy) is 2. The van der Waals surface area contributed by atoms with Crippen LogP contribution in [0.25, 0.3) is 6.08 Å². The van der Waals surface area contributed by atoms with Gasteiger partial charge in [0, 0.05) is 23.7 Å². The minimum absolute atomic E-state index is 0.0633. The van der Waals surface area contributed by atoms with E-state index in [2.05, 4.69) is 21.4 Å². The van der Waals surface area contributed by atoms with Crippen LogP contribution in [-0.2, 0) is 9.59 Å². The fourth-order valence-corrected chi connectivity index (χ4v) is 5.90. The Balaban J connectivity index is 1.49. The quantitative estimate of drug-likeness (QED) is 0.304. The summed E-state index contributed by atoms with van der Waals surface area (Å²) < 4.78 is 12.4. The van der Waals surface area contributed by atoms with E-state index in [0.717, 1.165) is 49.1 Å². The van der Waals surface area contributed by atoms with Crippen LogP contribution in [0.3, 0.4) is 0 Å². The molecule has 0 aromatic heterocycles. The second-order valence-corrected chi connectivity index (χ2v) is 11.4. The number of likely N-dealkylation sites (tertiary alicyclic amines) is 1. The van der Waals surface area contributed by atoms with E-state index in [1.165, 1.54) is 6.07 Å². The molecule has 2 aliphatic rings. The third-order valence-corrected chi connectivity index (χ3v) is 7.90. The number of nitrogens with one attached hydrogen (secondary N) is 1. The summed E-state index contributed by atoms with van der Waals surface area (Å²) in [6.45, 7) is 3.63. The van der Waals surface area contributed by atoms with E-state index in [1.54, 1.807) is 36.4 Å². The molecular formula is C26H25BrClN3O5S2. The number of hydrazine groups is 1. The highest BCUT2D eigenvalue weighted by molar-refractivity contribution is 9.10. The van der Waals surface area contributed by atoms with Crippen LogP contribution in [0.5, 0.6) is 11.5 Å². The monoisotopic (exact) mass is 637 g/mol. The molecule has 0 bridgehead atoms. The molecule has 8 nitrogen and oxygen atoms in total. The minimum Gasteiger partial charge on any atom is -0.490 e. The number of thiocarbonyl (C=S) groups is 1. The first-order valence-corrected chi connectivity index (χ1v) is 14.4. The van der Waals surface area contributed by atoms with Gasteiger partial charge in [-0.05, 0) is 96.3 Å². The summed E-state index contributed by atoms with van der Waals surface area (Å²) in [6.07, 6.45) is 4.80. The summed E-state index contributed by atoms with van der Waals surface area (Å²) in [5, 5.41) is 1.44. The number of benzene rings is 2. The maximum Gasteiger partial charge on any atom is 0.285 e. The van der Waals surface area contributed by atoms with Crippen molar-refractivity contribution in [2.75, 3.05) is 26.3 Å². The van der Waals surface area contributed by atoms with Gasteiger partial charge in [0.1, 0.15) is 0 Å². The van der Waals surface area contributed by atoms with Crippen molar-refractivity contribution in [1.82, 2.24) is 15.3 Å². The fourth-order valence-electron chi connectivity index (χ4n) is 3.95. The molecule has 0 aliphatic carbocycles. The smallest absolute Gasteiger partial charge is 0.285 e. The van der Waals surface area contributed by atoms with Gasteiger partial charge < -0.3 is 14.4 Å². The van der Waals surface area contributed by atoms with Gasteiger partial charge in [-0.3, -0.25) is 19.8 Å². The normalized spacial score (nSPS) is 16.7. The van der Waals surface area contributed by atoms with Crippen molar-refractivity contribution in [2.24, 2.45) is 0 Å². The largest absolute Gasteiger partial charge is 0.490 e. The number of thioether (sulfide) groups is 1. The van der Waals surface area contributed by atoms with Crippen LogP contribution in [0.15, 0.2) is 45.8 Å². The first kappa shape index (κ1) is 28.4. The highest BCUT2D eigenvalue weighted by Crippen LogP contribution is 2.39. The third-order valence-electron chi connectivity index (χ3n) is 5.77. The van der Waals surface area contributed by atoms with E-state index in [4.69, 9.17) is 33.3 Å². The number of rotatable bonds is 8. The first-order chi connectivity index (χ1) is 18.3. The summed E-state index contributed by atoms with van der Waals surface area (Å²) in [7, 11) is 0. The topological polar surface area (TPSA) is 88.2 Å². The molecule has 3 amide bonds. The van der Waals surface area contributed by atoms with E-state index in [1.807, 2.05) is 11.8 Å². The molecule has 12 heteroatoms. The van der Waals surface area contributed by atoms with E-state index in [0.29, 0.717) is 43.6 Å². The van der Waals surface area contributed by atoms with Gasteiger partial charge in [-0.25, -0.2) is 0 Å². The second kappa shape index (κ2) is 13.0. The number of hydrogen-bond donors (Lipinski definition) is 1. The zero-order chi connectivity index (χ0) is 27.2. The lowest BCUT2D eigenvalue weighted by Crippen LogP contribution is -2.44. The SMILES string of the molecule is CCOc1cc(/C=C2/SC(=S)N(NC(=O)c3cccc(Cl)c3)C2=O)cc(Br)c1OCC(=O)N1CCCCC1. The molecule has 0 radical (unpaired) electrons. The molecule has 200 valence electrons. The highest BCUT2D eigenvalue weighted by Gasteiger charge is 2.34. The number of carbonyl (C=O) groups excluding carboxylic acids is 3. The van der Waals surface area contributed by atoms with Gasteiger partial charge in [0.2, 0.25) is 0 Å². The van der Waals surface area contributed by atoms with E-state index in [9.17, 15) is 14.4 Å². The molecule has 0 spiro atoms. The first-order valence-electron chi connectivity index (χ1n) is 12.0. The van der Waals surface area contributed by atoms with Crippen molar-refractivity contribution in [2.45, 2.75) is 26.2 Å². The van der Waals surface area contributed by atoms with Crippen LogP contribution in [0.2, 0.25) is 5.02 Å². The van der Waals surface area contributed by atoms with Crippen molar-refractivity contribution >= 4 is 79.6 Å². The molecular weight excluding hydrogens is 614 g/mol. The predicted molar refractivity (Wildman–Crippen MR) is 155 cm³/mol. The van der Waals surface area contributed by atoms with Crippen LogP contribution in [0.1, 0.15) is 42.1 Å². The van der Waals surface area contributed by atoms with E-state index >= 15 is 0 Å². The highest BCUT2D eigenvalue weighted by atomic mass is 79.9. The standard InChI is InChI=1S/C26H25BrClN3O5S2/c1-2-35-20-12-16(11-19(27)23(20)36-15-22(32)30-9-4-3-5-10-30)13-21-25(34)31(26(37)38-21)29-24(33)17-7-6-8-18(28)14-17/h6-8,11-14H,2-5,9-10,15H2,1H3,(H,29,33)/b21-13+. The molecule has 2 fully saturated rings.